The van der Waals surface area contributed by atoms with E-state index in [4.69, 9.17) is 0 Å². The molecule has 0 spiro atoms. The monoisotopic (exact) mass is 351 g/mol. The average molecular weight is 351 g/mol. The molecule has 1 aromatic carbocycles. The quantitative estimate of drug-likeness (QED) is 0.642. The van der Waals surface area contributed by atoms with Crippen LogP contribution in [0.2, 0.25) is 0 Å². The highest BCUT2D eigenvalue weighted by atomic mass is 32.1. The van der Waals surface area contributed by atoms with Gasteiger partial charge in [0.25, 0.3) is 5.91 Å². The summed E-state index contributed by atoms with van der Waals surface area (Å²) >= 11 is 1.52. The van der Waals surface area contributed by atoms with Crippen LogP contribution in [0.5, 0.6) is 0 Å². The van der Waals surface area contributed by atoms with Crippen molar-refractivity contribution >= 4 is 28.5 Å². The maximum Gasteiger partial charge on any atom is 0.268 e. The van der Waals surface area contributed by atoms with Crippen LogP contribution in [-0.4, -0.2) is 10.9 Å². The van der Waals surface area contributed by atoms with Crippen molar-refractivity contribution in [3.8, 4) is 6.07 Å². The second-order valence-corrected chi connectivity index (χ2v) is 7.62. The van der Waals surface area contributed by atoms with E-state index in [1.807, 2.05) is 30.3 Å². The minimum absolute atomic E-state index is 0.0884. The zero-order valence-corrected chi connectivity index (χ0v) is 15.3. The Bertz CT molecular complexity index is 817. The van der Waals surface area contributed by atoms with Gasteiger partial charge in [-0.05, 0) is 48.8 Å². The molecular weight excluding hydrogens is 330 g/mol. The summed E-state index contributed by atoms with van der Waals surface area (Å²) in [5.74, 6) is 0.0502. The van der Waals surface area contributed by atoms with Crippen LogP contribution in [-0.2, 0) is 17.6 Å². The highest BCUT2D eigenvalue weighted by Gasteiger charge is 2.17. The number of nitriles is 1. The first-order chi connectivity index (χ1) is 12.1. The van der Waals surface area contributed by atoms with E-state index in [2.05, 4.69) is 24.1 Å². The van der Waals surface area contributed by atoms with Crippen molar-refractivity contribution in [3.05, 3.63) is 51.5 Å². The molecule has 128 valence electrons. The average Bonchev–Trinajstić information content (AvgIpc) is 3.02. The molecule has 0 fully saturated rings. The Morgan fingerprint density at radius 3 is 2.64 bits per heavy atom. The lowest BCUT2D eigenvalue weighted by atomic mass is 10.0. The molecule has 1 aliphatic carbocycles. The fraction of sp³-hybridized carbons (Fsp3) is 0.350. The van der Waals surface area contributed by atoms with Crippen molar-refractivity contribution in [2.75, 3.05) is 5.32 Å². The molecule has 0 saturated carbocycles. The first-order valence-corrected chi connectivity index (χ1v) is 9.40. The number of aromatic nitrogens is 1. The first kappa shape index (κ1) is 17.4. The second-order valence-electron chi connectivity index (χ2n) is 6.54. The van der Waals surface area contributed by atoms with Crippen molar-refractivity contribution in [3.63, 3.8) is 0 Å². The molecule has 4 nitrogen and oxygen atoms in total. The van der Waals surface area contributed by atoms with Gasteiger partial charge in [-0.2, -0.15) is 5.26 Å². The summed E-state index contributed by atoms with van der Waals surface area (Å²) in [5, 5.41) is 12.7. The van der Waals surface area contributed by atoms with Gasteiger partial charge in [-0.25, -0.2) is 4.98 Å². The number of hydrogen-bond donors (Lipinski definition) is 1. The fourth-order valence-corrected chi connectivity index (χ4v) is 3.91. The molecule has 0 aliphatic heterocycles. The molecule has 1 N–H and O–H groups in total. The Kier molecular flexibility index (Phi) is 5.30. The number of hydrogen-bond acceptors (Lipinski definition) is 4. The lowest BCUT2D eigenvalue weighted by molar-refractivity contribution is -0.112. The molecule has 1 aromatic heterocycles. The molecule has 0 atom stereocenters. The standard InChI is InChI=1S/C20H21N3OS/c1-13(2)15-9-7-14(8-10-15)11-16(12-21)19(24)23-20-22-17-5-3-4-6-18(17)25-20/h7-11,13H,3-6H2,1-2H3,(H,22,23,24)/b16-11+. The van der Waals surface area contributed by atoms with Crippen molar-refractivity contribution < 1.29 is 4.79 Å². The zero-order chi connectivity index (χ0) is 17.8. The van der Waals surface area contributed by atoms with E-state index in [0.717, 1.165) is 30.5 Å². The van der Waals surface area contributed by atoms with Gasteiger partial charge in [-0.15, -0.1) is 11.3 Å². The van der Waals surface area contributed by atoms with Crippen LogP contribution >= 0.6 is 11.3 Å². The van der Waals surface area contributed by atoms with E-state index in [0.29, 0.717) is 11.0 Å². The van der Waals surface area contributed by atoms with Gasteiger partial charge in [0.15, 0.2) is 5.13 Å². The first-order valence-electron chi connectivity index (χ1n) is 8.58. The Hall–Kier alpha value is -2.45. The number of rotatable bonds is 4. The third kappa shape index (κ3) is 4.15. The van der Waals surface area contributed by atoms with E-state index >= 15 is 0 Å². The summed E-state index contributed by atoms with van der Waals surface area (Å²) in [5.41, 5.74) is 3.26. The number of fused-ring (bicyclic) bond motifs is 1. The summed E-state index contributed by atoms with van der Waals surface area (Å²) in [6, 6.07) is 9.91. The van der Waals surface area contributed by atoms with Crippen LogP contribution < -0.4 is 5.32 Å². The van der Waals surface area contributed by atoms with Gasteiger partial charge in [0.05, 0.1) is 5.69 Å². The summed E-state index contributed by atoms with van der Waals surface area (Å²) in [4.78, 5) is 18.2. The van der Waals surface area contributed by atoms with Crippen molar-refractivity contribution in [2.24, 2.45) is 0 Å². The summed E-state index contributed by atoms with van der Waals surface area (Å²) < 4.78 is 0. The number of carbonyl (C=O) groups excluding carboxylic acids is 1. The van der Waals surface area contributed by atoms with Crippen molar-refractivity contribution in [1.29, 1.82) is 5.26 Å². The van der Waals surface area contributed by atoms with Crippen LogP contribution in [0.3, 0.4) is 0 Å². The summed E-state index contributed by atoms with van der Waals surface area (Å²) in [7, 11) is 0. The number of anilines is 1. The van der Waals surface area contributed by atoms with Crippen molar-refractivity contribution in [1.82, 2.24) is 4.98 Å². The Labute approximate surface area is 152 Å². The predicted octanol–water partition coefficient (Wildman–Crippen LogP) is 4.69. The van der Waals surface area contributed by atoms with E-state index in [9.17, 15) is 10.1 Å². The lowest BCUT2D eigenvalue weighted by Crippen LogP contribution is -2.13. The molecule has 3 rings (SSSR count). The molecular formula is C20H21N3OS. The number of aryl methyl sites for hydroxylation is 2. The van der Waals surface area contributed by atoms with Crippen LogP contribution in [0.25, 0.3) is 6.08 Å². The molecule has 0 unspecified atom stereocenters. The molecule has 1 heterocycles. The van der Waals surface area contributed by atoms with Crippen LogP contribution in [0.1, 0.15) is 54.3 Å². The molecule has 2 aromatic rings. The maximum atomic E-state index is 12.4. The largest absolute Gasteiger partial charge is 0.297 e. The maximum absolute atomic E-state index is 12.4. The number of carbonyl (C=O) groups is 1. The fourth-order valence-electron chi connectivity index (χ4n) is 2.86. The topological polar surface area (TPSA) is 65.8 Å². The Morgan fingerprint density at radius 1 is 1.28 bits per heavy atom. The molecule has 25 heavy (non-hydrogen) atoms. The normalized spacial score (nSPS) is 14.1. The van der Waals surface area contributed by atoms with Gasteiger partial charge in [-0.1, -0.05) is 38.1 Å². The van der Waals surface area contributed by atoms with Crippen LogP contribution in [0, 0.1) is 11.3 Å². The van der Waals surface area contributed by atoms with Gasteiger partial charge in [0.2, 0.25) is 0 Å². The van der Waals surface area contributed by atoms with Gasteiger partial charge < -0.3 is 0 Å². The van der Waals surface area contributed by atoms with Gasteiger partial charge in [0, 0.05) is 4.88 Å². The van der Waals surface area contributed by atoms with Gasteiger partial charge in [-0.3, -0.25) is 10.1 Å². The third-order valence-corrected chi connectivity index (χ3v) is 5.42. The molecule has 5 heteroatoms. The van der Waals surface area contributed by atoms with Crippen molar-refractivity contribution in [2.45, 2.75) is 45.4 Å². The molecule has 1 amide bonds. The summed E-state index contributed by atoms with van der Waals surface area (Å²) in [6.07, 6.45) is 5.96. The second kappa shape index (κ2) is 7.62. The Morgan fingerprint density at radius 2 is 2.00 bits per heavy atom. The number of nitrogens with zero attached hydrogens (tertiary/aromatic N) is 2. The number of thiazole rings is 1. The number of nitrogens with one attached hydrogen (secondary N) is 1. The molecule has 1 aliphatic rings. The third-order valence-electron chi connectivity index (χ3n) is 4.35. The summed E-state index contributed by atoms with van der Waals surface area (Å²) in [6.45, 7) is 4.26. The minimum Gasteiger partial charge on any atom is -0.297 e. The van der Waals surface area contributed by atoms with Gasteiger partial charge in [0.1, 0.15) is 11.6 Å². The molecule has 0 radical (unpaired) electrons. The van der Waals surface area contributed by atoms with E-state index < -0.39 is 5.91 Å². The minimum atomic E-state index is -0.401. The van der Waals surface area contributed by atoms with E-state index in [1.54, 1.807) is 6.08 Å². The lowest BCUT2D eigenvalue weighted by Gasteiger charge is -2.06. The molecule has 0 saturated heterocycles. The number of amides is 1. The zero-order valence-electron chi connectivity index (χ0n) is 14.5. The van der Waals surface area contributed by atoms with Crippen LogP contribution in [0.4, 0.5) is 5.13 Å². The Balaban J connectivity index is 1.74. The number of benzene rings is 1. The van der Waals surface area contributed by atoms with Crippen LogP contribution in [0.15, 0.2) is 29.8 Å². The molecule has 0 bridgehead atoms. The van der Waals surface area contributed by atoms with E-state index in [1.165, 1.54) is 28.2 Å². The van der Waals surface area contributed by atoms with E-state index in [-0.39, 0.29) is 5.57 Å². The van der Waals surface area contributed by atoms with Gasteiger partial charge >= 0.3 is 0 Å². The highest BCUT2D eigenvalue weighted by molar-refractivity contribution is 7.15. The highest BCUT2D eigenvalue weighted by Crippen LogP contribution is 2.29. The SMILES string of the molecule is CC(C)c1ccc(/C=C(\C#N)C(=O)Nc2nc3c(s2)CCCC3)cc1. The predicted molar refractivity (Wildman–Crippen MR) is 102 cm³/mol. The smallest absolute Gasteiger partial charge is 0.268 e.